The van der Waals surface area contributed by atoms with Gasteiger partial charge in [0.15, 0.2) is 0 Å². The Morgan fingerprint density at radius 1 is 1.50 bits per heavy atom. The Bertz CT molecular complexity index is 426. The average molecular weight is 235 g/mol. The average Bonchev–Trinajstić information content (AvgIpc) is 3.09. The lowest BCUT2D eigenvalue weighted by molar-refractivity contribution is 0.402. The number of carbonyl (C=O) groups excluding carboxylic acids is 1. The van der Waals surface area contributed by atoms with Gasteiger partial charge in [0.05, 0.1) is 7.11 Å². The maximum absolute atomic E-state index is 10.5. The smallest absolute Gasteiger partial charge is 0.235 e. The summed E-state index contributed by atoms with van der Waals surface area (Å²) in [5, 5.41) is 0. The highest BCUT2D eigenvalue weighted by Crippen LogP contribution is 2.54. The maximum Gasteiger partial charge on any atom is 0.235 e. The van der Waals surface area contributed by atoms with Crippen molar-refractivity contribution in [1.29, 1.82) is 0 Å². The fraction of sp³-hybridized carbons (Fsp3) is 0.417. The molecule has 0 radical (unpaired) electrons. The highest BCUT2D eigenvalue weighted by Gasteiger charge is 2.48. The van der Waals surface area contributed by atoms with Crippen molar-refractivity contribution in [2.24, 2.45) is 4.99 Å². The van der Waals surface area contributed by atoms with Crippen LogP contribution in [0.25, 0.3) is 0 Å². The molecule has 0 atom stereocenters. The molecule has 0 spiro atoms. The first-order chi connectivity index (χ1) is 7.77. The summed E-state index contributed by atoms with van der Waals surface area (Å²) in [4.78, 5) is 15.6. The fourth-order valence-electron chi connectivity index (χ4n) is 1.93. The van der Waals surface area contributed by atoms with Crippen molar-refractivity contribution in [1.82, 2.24) is 0 Å². The van der Waals surface area contributed by atoms with Crippen LogP contribution in [0.2, 0.25) is 0 Å². The number of hydrogen-bond donors (Lipinski definition) is 0. The predicted octanol–water partition coefficient (Wildman–Crippen LogP) is 2.74. The van der Waals surface area contributed by atoms with Gasteiger partial charge in [0.1, 0.15) is 11.3 Å². The van der Waals surface area contributed by atoms with Crippen LogP contribution in [0, 0.1) is 0 Å². The summed E-state index contributed by atoms with van der Waals surface area (Å²) in [6.45, 7) is 0. The summed E-state index contributed by atoms with van der Waals surface area (Å²) in [5.74, 6) is 0.809. The van der Waals surface area contributed by atoms with Gasteiger partial charge in [0.25, 0.3) is 0 Å². The number of ether oxygens (including phenoxy) is 1. The number of rotatable bonds is 4. The molecule has 0 heterocycles. The van der Waals surface area contributed by atoms with Gasteiger partial charge in [-0.3, -0.25) is 0 Å². The molecule has 2 rings (SSSR count). The van der Waals surface area contributed by atoms with Crippen LogP contribution >= 0.6 is 11.8 Å². The van der Waals surface area contributed by atoms with Gasteiger partial charge in [-0.2, -0.15) is 4.99 Å². The van der Waals surface area contributed by atoms with E-state index in [1.165, 1.54) is 0 Å². The SMILES string of the molecule is COc1cccc(SC)c1C1(N=C=O)CC1. The Morgan fingerprint density at radius 2 is 2.25 bits per heavy atom. The first-order valence-corrected chi connectivity index (χ1v) is 6.30. The van der Waals surface area contributed by atoms with Crippen molar-refractivity contribution >= 4 is 17.8 Å². The van der Waals surface area contributed by atoms with Gasteiger partial charge in [-0.05, 0) is 31.2 Å². The topological polar surface area (TPSA) is 38.7 Å². The second kappa shape index (κ2) is 4.32. The van der Waals surface area contributed by atoms with Gasteiger partial charge < -0.3 is 4.74 Å². The largest absolute Gasteiger partial charge is 0.496 e. The number of methoxy groups -OCH3 is 1. The van der Waals surface area contributed by atoms with E-state index < -0.39 is 0 Å². The number of nitrogens with zero attached hydrogens (tertiary/aromatic N) is 1. The zero-order valence-electron chi connectivity index (χ0n) is 9.32. The van der Waals surface area contributed by atoms with Crippen LogP contribution in [0.1, 0.15) is 18.4 Å². The third-order valence-electron chi connectivity index (χ3n) is 2.88. The van der Waals surface area contributed by atoms with E-state index >= 15 is 0 Å². The lowest BCUT2D eigenvalue weighted by Gasteiger charge is -2.16. The van der Waals surface area contributed by atoms with E-state index in [2.05, 4.69) is 4.99 Å². The molecule has 0 saturated heterocycles. The molecule has 0 amide bonds. The second-order valence-electron chi connectivity index (χ2n) is 3.77. The standard InChI is InChI=1S/C12H13NO2S/c1-15-9-4-3-5-10(16-2)11(9)12(6-7-12)13-8-14/h3-5H,6-7H2,1-2H3. The maximum atomic E-state index is 10.5. The third kappa shape index (κ3) is 1.75. The Labute approximate surface area is 98.9 Å². The number of hydrogen-bond acceptors (Lipinski definition) is 4. The minimum Gasteiger partial charge on any atom is -0.496 e. The summed E-state index contributed by atoms with van der Waals surface area (Å²) in [7, 11) is 1.64. The lowest BCUT2D eigenvalue weighted by atomic mass is 10.0. The Morgan fingerprint density at radius 3 is 2.75 bits per heavy atom. The number of benzene rings is 1. The zero-order chi connectivity index (χ0) is 11.6. The molecular weight excluding hydrogens is 222 g/mol. The molecule has 3 nitrogen and oxygen atoms in total. The molecule has 1 fully saturated rings. The summed E-state index contributed by atoms with van der Waals surface area (Å²) in [6.07, 6.45) is 5.49. The summed E-state index contributed by atoms with van der Waals surface area (Å²) < 4.78 is 5.36. The van der Waals surface area contributed by atoms with Gasteiger partial charge in [-0.1, -0.05) is 6.07 Å². The van der Waals surface area contributed by atoms with Crippen LogP contribution < -0.4 is 4.74 Å². The molecule has 1 aromatic rings. The van der Waals surface area contributed by atoms with Crippen LogP contribution in [0.15, 0.2) is 28.1 Å². The van der Waals surface area contributed by atoms with Crippen molar-refractivity contribution in [2.45, 2.75) is 23.3 Å². The van der Waals surface area contributed by atoms with E-state index in [-0.39, 0.29) is 5.54 Å². The van der Waals surface area contributed by atoms with Crippen molar-refractivity contribution in [3.05, 3.63) is 23.8 Å². The molecule has 1 aromatic carbocycles. The normalized spacial score (nSPS) is 16.4. The first-order valence-electron chi connectivity index (χ1n) is 5.08. The van der Waals surface area contributed by atoms with Crippen LogP contribution in [-0.4, -0.2) is 19.4 Å². The van der Waals surface area contributed by atoms with Gasteiger partial charge in [0, 0.05) is 10.5 Å². The molecule has 84 valence electrons. The van der Waals surface area contributed by atoms with E-state index in [0.29, 0.717) is 0 Å². The van der Waals surface area contributed by atoms with Crippen LogP contribution in [0.4, 0.5) is 0 Å². The monoisotopic (exact) mass is 235 g/mol. The molecule has 4 heteroatoms. The van der Waals surface area contributed by atoms with Crippen LogP contribution in [0.3, 0.4) is 0 Å². The second-order valence-corrected chi connectivity index (χ2v) is 4.62. The summed E-state index contributed by atoms with van der Waals surface area (Å²) in [6, 6.07) is 5.90. The van der Waals surface area contributed by atoms with E-state index in [4.69, 9.17) is 4.74 Å². The van der Waals surface area contributed by atoms with E-state index in [1.807, 2.05) is 24.5 Å². The molecule has 16 heavy (non-hydrogen) atoms. The van der Waals surface area contributed by atoms with Gasteiger partial charge in [-0.25, -0.2) is 4.79 Å². The molecule has 0 aromatic heterocycles. The van der Waals surface area contributed by atoms with Crippen molar-refractivity contribution in [2.75, 3.05) is 13.4 Å². The Kier molecular flexibility index (Phi) is 3.03. The molecule has 1 saturated carbocycles. The molecular formula is C12H13NO2S. The number of isocyanates is 1. The molecule has 1 aliphatic carbocycles. The number of thioether (sulfide) groups is 1. The van der Waals surface area contributed by atoms with Gasteiger partial charge >= 0.3 is 0 Å². The van der Waals surface area contributed by atoms with E-state index in [1.54, 1.807) is 25.0 Å². The third-order valence-corrected chi connectivity index (χ3v) is 3.66. The first kappa shape index (κ1) is 11.2. The Hall–Kier alpha value is -1.25. The predicted molar refractivity (Wildman–Crippen MR) is 63.8 cm³/mol. The quantitative estimate of drug-likeness (QED) is 0.457. The van der Waals surface area contributed by atoms with E-state index in [0.717, 1.165) is 29.1 Å². The summed E-state index contributed by atoms with van der Waals surface area (Å²) in [5.41, 5.74) is 0.667. The molecule has 0 N–H and O–H groups in total. The van der Waals surface area contributed by atoms with E-state index in [9.17, 15) is 4.79 Å². The molecule has 0 bridgehead atoms. The van der Waals surface area contributed by atoms with Crippen molar-refractivity contribution < 1.29 is 9.53 Å². The van der Waals surface area contributed by atoms with Gasteiger partial charge in [-0.15, -0.1) is 11.8 Å². The number of aliphatic imine (C=N–C) groups is 1. The van der Waals surface area contributed by atoms with Crippen LogP contribution in [-0.2, 0) is 10.3 Å². The highest BCUT2D eigenvalue weighted by atomic mass is 32.2. The van der Waals surface area contributed by atoms with Crippen LogP contribution in [0.5, 0.6) is 5.75 Å². The minimum atomic E-state index is -0.368. The molecule has 0 unspecified atom stereocenters. The zero-order valence-corrected chi connectivity index (χ0v) is 10.1. The van der Waals surface area contributed by atoms with Gasteiger partial charge in [0.2, 0.25) is 6.08 Å². The molecule has 0 aliphatic heterocycles. The highest BCUT2D eigenvalue weighted by molar-refractivity contribution is 7.98. The lowest BCUT2D eigenvalue weighted by Crippen LogP contribution is -2.07. The Balaban J connectivity index is 2.57. The summed E-state index contributed by atoms with van der Waals surface area (Å²) >= 11 is 1.65. The van der Waals surface area contributed by atoms with Crippen molar-refractivity contribution in [3.8, 4) is 5.75 Å². The fourth-order valence-corrected chi connectivity index (χ4v) is 2.64. The van der Waals surface area contributed by atoms with Crippen molar-refractivity contribution in [3.63, 3.8) is 0 Å². The minimum absolute atomic E-state index is 0.368. The molecule has 1 aliphatic rings.